The number of carbonyl (C=O) groups is 1. The van der Waals surface area contributed by atoms with Gasteiger partial charge in [-0.25, -0.2) is 28.4 Å². The number of aromatic nitrogens is 5. The number of carbonyl (C=O) groups excluding carboxylic acids is 1. The van der Waals surface area contributed by atoms with Gasteiger partial charge in [0.15, 0.2) is 5.65 Å². The molecule has 0 unspecified atom stereocenters. The molecule has 2 aliphatic heterocycles. The van der Waals surface area contributed by atoms with Crippen LogP contribution in [0.4, 0.5) is 33.6 Å². The molecule has 0 saturated carbocycles. The van der Waals surface area contributed by atoms with E-state index in [1.165, 1.54) is 35.6 Å². The van der Waals surface area contributed by atoms with Crippen LogP contribution in [0, 0.1) is 5.41 Å². The van der Waals surface area contributed by atoms with Gasteiger partial charge < -0.3 is 4.90 Å². The molecule has 1 spiro atoms. The molecule has 1 amide bonds. The number of hydrogen-bond donors (Lipinski definition) is 0. The van der Waals surface area contributed by atoms with Crippen LogP contribution in [0.3, 0.4) is 0 Å². The number of pyridine rings is 1. The Morgan fingerprint density at radius 2 is 1.76 bits per heavy atom. The maximum absolute atomic E-state index is 13.3. The highest BCUT2D eigenvalue weighted by Crippen LogP contribution is 2.43. The highest BCUT2D eigenvalue weighted by Gasteiger charge is 2.49. The Bertz CT molecular complexity index is 1220. The van der Waals surface area contributed by atoms with Gasteiger partial charge >= 0.3 is 6.18 Å². The molecule has 8 nitrogen and oxygen atoms in total. The summed E-state index contributed by atoms with van der Waals surface area (Å²) in [5.74, 6) is 0.493. The van der Waals surface area contributed by atoms with Crippen LogP contribution < -0.4 is 9.80 Å². The summed E-state index contributed by atoms with van der Waals surface area (Å²) in [6, 6.07) is 2.47. The van der Waals surface area contributed by atoms with Crippen LogP contribution in [0.1, 0.15) is 31.3 Å². The number of hydrogen-bond acceptors (Lipinski definition) is 6. The lowest BCUT2D eigenvalue weighted by molar-refractivity contribution is -0.142. The predicted molar refractivity (Wildman–Crippen MR) is 111 cm³/mol. The smallest absolute Gasteiger partial charge is 0.355 e. The summed E-state index contributed by atoms with van der Waals surface area (Å²) < 4.78 is 65.4. The normalized spacial score (nSPS) is 18.6. The van der Waals surface area contributed by atoms with Crippen molar-refractivity contribution in [2.45, 2.75) is 38.4 Å². The quantitative estimate of drug-likeness (QED) is 0.529. The molecule has 0 aromatic carbocycles. The fourth-order valence-electron chi connectivity index (χ4n) is 4.66. The van der Waals surface area contributed by atoms with E-state index in [4.69, 9.17) is 0 Å². The SMILES string of the molecule is O=C1N(c2cc(C(F)F)ccn2)CCC12CCN(c1cnc3cnn(CC(F)(F)F)c3n1)CC2. The number of anilines is 2. The lowest BCUT2D eigenvalue weighted by Gasteiger charge is -2.38. The zero-order valence-corrected chi connectivity index (χ0v) is 17.8. The first-order valence-corrected chi connectivity index (χ1v) is 10.7. The van der Waals surface area contributed by atoms with E-state index in [1.807, 2.05) is 4.90 Å². The first-order valence-electron chi connectivity index (χ1n) is 10.7. The van der Waals surface area contributed by atoms with Crippen molar-refractivity contribution in [3.8, 4) is 0 Å². The van der Waals surface area contributed by atoms with Gasteiger partial charge in [-0.05, 0) is 31.4 Å². The second-order valence-corrected chi connectivity index (χ2v) is 8.58. The Morgan fingerprint density at radius 1 is 1.03 bits per heavy atom. The molecular formula is C21H20F5N7O. The minimum Gasteiger partial charge on any atom is -0.355 e. The lowest BCUT2D eigenvalue weighted by Crippen LogP contribution is -2.45. The van der Waals surface area contributed by atoms with E-state index in [2.05, 4.69) is 20.1 Å². The van der Waals surface area contributed by atoms with Crippen molar-refractivity contribution in [3.05, 3.63) is 36.3 Å². The third-order valence-electron chi connectivity index (χ3n) is 6.52. The first-order chi connectivity index (χ1) is 16.2. The van der Waals surface area contributed by atoms with Gasteiger partial charge in [0, 0.05) is 31.4 Å². The zero-order valence-electron chi connectivity index (χ0n) is 17.8. The molecule has 34 heavy (non-hydrogen) atoms. The molecule has 2 fully saturated rings. The number of alkyl halides is 5. The van der Waals surface area contributed by atoms with Crippen molar-refractivity contribution in [2.24, 2.45) is 5.41 Å². The molecule has 3 aromatic rings. The van der Waals surface area contributed by atoms with E-state index >= 15 is 0 Å². The number of rotatable bonds is 4. The number of amides is 1. The third-order valence-corrected chi connectivity index (χ3v) is 6.52. The minimum atomic E-state index is -4.44. The molecule has 180 valence electrons. The topological polar surface area (TPSA) is 80.0 Å². The molecule has 0 radical (unpaired) electrons. The Labute approximate surface area is 190 Å². The van der Waals surface area contributed by atoms with Crippen LogP contribution in [0.15, 0.2) is 30.7 Å². The lowest BCUT2D eigenvalue weighted by atomic mass is 9.77. The van der Waals surface area contributed by atoms with Gasteiger partial charge in [-0.2, -0.15) is 18.3 Å². The van der Waals surface area contributed by atoms with Gasteiger partial charge in [-0.1, -0.05) is 0 Å². The fraction of sp³-hybridized carbons (Fsp3) is 0.476. The van der Waals surface area contributed by atoms with Gasteiger partial charge in [0.05, 0.1) is 17.8 Å². The summed E-state index contributed by atoms with van der Waals surface area (Å²) in [6.45, 7) is 0.0408. The number of nitrogens with zero attached hydrogens (tertiary/aromatic N) is 7. The van der Waals surface area contributed by atoms with Crippen molar-refractivity contribution in [2.75, 3.05) is 29.4 Å². The highest BCUT2D eigenvalue weighted by atomic mass is 19.4. The van der Waals surface area contributed by atoms with E-state index in [0.29, 0.717) is 44.7 Å². The summed E-state index contributed by atoms with van der Waals surface area (Å²) in [5, 5.41) is 3.74. The molecule has 2 saturated heterocycles. The van der Waals surface area contributed by atoms with Gasteiger partial charge in [0.1, 0.15) is 23.7 Å². The predicted octanol–water partition coefficient (Wildman–Crippen LogP) is 3.74. The molecule has 0 aliphatic carbocycles. The van der Waals surface area contributed by atoms with Gasteiger partial charge in [-0.15, -0.1) is 0 Å². The Kier molecular flexibility index (Phi) is 5.36. The summed E-state index contributed by atoms with van der Waals surface area (Å²) in [4.78, 5) is 29.2. The summed E-state index contributed by atoms with van der Waals surface area (Å²) in [7, 11) is 0. The largest absolute Gasteiger partial charge is 0.408 e. The van der Waals surface area contributed by atoms with Crippen LogP contribution in [0.2, 0.25) is 0 Å². The molecule has 0 bridgehead atoms. The monoisotopic (exact) mass is 481 g/mol. The van der Waals surface area contributed by atoms with Crippen LogP contribution in [0.5, 0.6) is 0 Å². The first kappa shape index (κ1) is 22.4. The molecule has 5 heterocycles. The molecule has 13 heteroatoms. The average Bonchev–Trinajstić information content (AvgIpc) is 3.34. The van der Waals surface area contributed by atoms with Crippen molar-refractivity contribution < 1.29 is 26.7 Å². The summed E-state index contributed by atoms with van der Waals surface area (Å²) in [6.07, 6.45) is -1.51. The van der Waals surface area contributed by atoms with Gasteiger partial charge in [0.2, 0.25) is 5.91 Å². The van der Waals surface area contributed by atoms with E-state index in [9.17, 15) is 26.7 Å². The highest BCUT2D eigenvalue weighted by molar-refractivity contribution is 5.99. The number of halogens is 5. The Morgan fingerprint density at radius 3 is 2.47 bits per heavy atom. The van der Waals surface area contributed by atoms with Crippen molar-refractivity contribution in [1.29, 1.82) is 0 Å². The van der Waals surface area contributed by atoms with Crippen molar-refractivity contribution >= 4 is 28.7 Å². The van der Waals surface area contributed by atoms with E-state index in [-0.39, 0.29) is 28.5 Å². The van der Waals surface area contributed by atoms with E-state index in [1.54, 1.807) is 0 Å². The molecule has 3 aromatic heterocycles. The maximum atomic E-state index is 13.3. The van der Waals surface area contributed by atoms with Crippen molar-refractivity contribution in [3.63, 3.8) is 0 Å². The second kappa shape index (κ2) is 8.13. The van der Waals surface area contributed by atoms with Gasteiger partial charge in [-0.3, -0.25) is 9.69 Å². The van der Waals surface area contributed by atoms with Crippen LogP contribution >= 0.6 is 0 Å². The van der Waals surface area contributed by atoms with E-state index < -0.39 is 24.6 Å². The van der Waals surface area contributed by atoms with Gasteiger partial charge in [0.25, 0.3) is 6.43 Å². The molecule has 5 rings (SSSR count). The fourth-order valence-corrected chi connectivity index (χ4v) is 4.66. The van der Waals surface area contributed by atoms with Crippen LogP contribution in [-0.4, -0.2) is 56.5 Å². The Hall–Kier alpha value is -3.38. The Balaban J connectivity index is 1.31. The summed E-state index contributed by atoms with van der Waals surface area (Å²) >= 11 is 0. The molecular weight excluding hydrogens is 461 g/mol. The van der Waals surface area contributed by atoms with E-state index in [0.717, 1.165) is 4.68 Å². The molecule has 0 atom stereocenters. The maximum Gasteiger partial charge on any atom is 0.408 e. The average molecular weight is 481 g/mol. The zero-order chi connectivity index (χ0) is 24.1. The standard InChI is InChI=1S/C21H20F5N7O/c22-17(23)13-1-5-27-15(9-13)32-8-4-20(19(32)34)2-6-31(7-3-20)16-11-28-14-10-29-33(18(14)30-16)12-21(24,25)26/h1,5,9-11,17H,2-4,6-8,12H2. The molecule has 2 aliphatic rings. The minimum absolute atomic E-state index is 0.0446. The van der Waals surface area contributed by atoms with Crippen LogP contribution in [-0.2, 0) is 11.3 Å². The summed E-state index contributed by atoms with van der Waals surface area (Å²) in [5.41, 5.74) is -0.508. The number of fused-ring (bicyclic) bond motifs is 1. The van der Waals surface area contributed by atoms with Crippen LogP contribution in [0.25, 0.3) is 11.2 Å². The molecule has 0 N–H and O–H groups in total. The van der Waals surface area contributed by atoms with Crippen molar-refractivity contribution in [1.82, 2.24) is 24.7 Å². The second-order valence-electron chi connectivity index (χ2n) is 8.58. The number of piperidine rings is 1. The third kappa shape index (κ3) is 4.03.